The third-order valence-corrected chi connectivity index (χ3v) is 2.70. The van der Waals surface area contributed by atoms with E-state index in [1.54, 1.807) is 12.1 Å². The molecule has 1 N–H and O–H groups in total. The summed E-state index contributed by atoms with van der Waals surface area (Å²) >= 11 is -2.24. The maximum atomic E-state index is 10.3. The number of hydrogen-bond acceptors (Lipinski definition) is 2. The molecule has 0 saturated carbocycles. The van der Waals surface area contributed by atoms with Crippen LogP contribution < -0.4 is 4.72 Å². The number of benzene rings is 1. The van der Waals surface area contributed by atoms with Gasteiger partial charge in [-0.25, -0.2) is 0 Å². The Morgan fingerprint density at radius 3 is 2.43 bits per heavy atom. The molecule has 1 aromatic rings. The molecule has 0 aliphatic carbocycles. The van der Waals surface area contributed by atoms with E-state index in [0.29, 0.717) is 11.6 Å². The molecule has 0 aliphatic heterocycles. The molecule has 0 aromatic heterocycles. The monoisotopic (exact) mass is 212 g/mol. The molecule has 0 radical (unpaired) electrons. The van der Waals surface area contributed by atoms with Gasteiger partial charge in [-0.2, -0.15) is 0 Å². The third-order valence-electron chi connectivity index (χ3n) is 2.29. The van der Waals surface area contributed by atoms with E-state index >= 15 is 0 Å². The SMILES string of the molecule is CCC(C)c1ccc(NS(=O)[O-])cc1. The topological polar surface area (TPSA) is 52.2 Å². The van der Waals surface area contributed by atoms with Crippen LogP contribution in [0.2, 0.25) is 0 Å². The first-order valence-corrected chi connectivity index (χ1v) is 5.67. The van der Waals surface area contributed by atoms with Crippen LogP contribution in [0.15, 0.2) is 24.3 Å². The van der Waals surface area contributed by atoms with Crippen molar-refractivity contribution in [2.45, 2.75) is 26.2 Å². The summed E-state index contributed by atoms with van der Waals surface area (Å²) in [6, 6.07) is 7.45. The highest BCUT2D eigenvalue weighted by molar-refractivity contribution is 7.80. The molecule has 0 heterocycles. The van der Waals surface area contributed by atoms with Gasteiger partial charge in [0.1, 0.15) is 0 Å². The van der Waals surface area contributed by atoms with Gasteiger partial charge in [-0.1, -0.05) is 26.0 Å². The zero-order valence-corrected chi connectivity index (χ0v) is 9.14. The molecule has 2 atom stereocenters. The Balaban J connectivity index is 2.73. The van der Waals surface area contributed by atoms with Gasteiger partial charge in [0.2, 0.25) is 0 Å². The summed E-state index contributed by atoms with van der Waals surface area (Å²) in [5.74, 6) is 0.516. The van der Waals surface area contributed by atoms with Gasteiger partial charge < -0.3 is 9.27 Å². The molecule has 0 amide bonds. The summed E-state index contributed by atoms with van der Waals surface area (Å²) < 4.78 is 23.0. The van der Waals surface area contributed by atoms with Crippen molar-refractivity contribution in [3.05, 3.63) is 29.8 Å². The van der Waals surface area contributed by atoms with Crippen LogP contribution in [0.4, 0.5) is 5.69 Å². The Morgan fingerprint density at radius 2 is 2.00 bits per heavy atom. The molecule has 1 aromatic carbocycles. The van der Waals surface area contributed by atoms with E-state index in [1.165, 1.54) is 5.56 Å². The fourth-order valence-corrected chi connectivity index (χ4v) is 1.54. The third kappa shape index (κ3) is 3.12. The van der Waals surface area contributed by atoms with Crippen molar-refractivity contribution >= 4 is 17.0 Å². The van der Waals surface area contributed by atoms with E-state index in [0.717, 1.165) is 6.42 Å². The Hall–Kier alpha value is -0.870. The van der Waals surface area contributed by atoms with Crippen LogP contribution in [0.3, 0.4) is 0 Å². The summed E-state index contributed by atoms with van der Waals surface area (Å²) in [4.78, 5) is 0. The molecule has 1 rings (SSSR count). The van der Waals surface area contributed by atoms with Crippen molar-refractivity contribution < 1.29 is 8.76 Å². The van der Waals surface area contributed by atoms with Gasteiger partial charge >= 0.3 is 0 Å². The maximum absolute atomic E-state index is 10.3. The molecular weight excluding hydrogens is 198 g/mol. The van der Waals surface area contributed by atoms with Crippen molar-refractivity contribution in [3.63, 3.8) is 0 Å². The Morgan fingerprint density at radius 1 is 1.43 bits per heavy atom. The Kier molecular flexibility index (Phi) is 4.10. The van der Waals surface area contributed by atoms with E-state index in [1.807, 2.05) is 12.1 Å². The quantitative estimate of drug-likeness (QED) is 0.779. The van der Waals surface area contributed by atoms with Crippen molar-refractivity contribution in [2.75, 3.05) is 4.72 Å². The van der Waals surface area contributed by atoms with E-state index < -0.39 is 11.3 Å². The summed E-state index contributed by atoms with van der Waals surface area (Å²) in [5, 5.41) is 0. The van der Waals surface area contributed by atoms with Crippen LogP contribution in [0, 0.1) is 0 Å². The number of hydrogen-bond donors (Lipinski definition) is 1. The summed E-state index contributed by atoms with van der Waals surface area (Å²) in [7, 11) is 0. The first-order valence-electron chi connectivity index (χ1n) is 4.59. The second-order valence-corrected chi connectivity index (χ2v) is 3.94. The lowest BCUT2D eigenvalue weighted by Gasteiger charge is -2.11. The van der Waals surface area contributed by atoms with Gasteiger partial charge in [-0.3, -0.25) is 4.21 Å². The van der Waals surface area contributed by atoms with Gasteiger partial charge in [0.15, 0.2) is 0 Å². The predicted molar refractivity (Wildman–Crippen MR) is 57.7 cm³/mol. The number of rotatable bonds is 4. The highest BCUT2D eigenvalue weighted by Gasteiger charge is 2.01. The lowest BCUT2D eigenvalue weighted by atomic mass is 9.99. The van der Waals surface area contributed by atoms with Crippen LogP contribution in [-0.4, -0.2) is 8.76 Å². The fourth-order valence-electron chi connectivity index (χ4n) is 1.21. The average molecular weight is 212 g/mol. The van der Waals surface area contributed by atoms with Gasteiger partial charge in [0.05, 0.1) is 0 Å². The normalized spacial score (nSPS) is 14.8. The van der Waals surface area contributed by atoms with E-state index in [9.17, 15) is 8.76 Å². The van der Waals surface area contributed by atoms with Crippen LogP contribution in [0.5, 0.6) is 0 Å². The van der Waals surface area contributed by atoms with Gasteiger partial charge in [0.25, 0.3) is 0 Å². The molecule has 3 nitrogen and oxygen atoms in total. The first-order chi connectivity index (χ1) is 6.63. The fraction of sp³-hybridized carbons (Fsp3) is 0.400. The minimum atomic E-state index is -2.24. The van der Waals surface area contributed by atoms with E-state index in [-0.39, 0.29) is 0 Å². The van der Waals surface area contributed by atoms with Crippen molar-refractivity contribution in [1.82, 2.24) is 0 Å². The molecule has 4 heteroatoms. The largest absolute Gasteiger partial charge is 0.755 e. The molecule has 14 heavy (non-hydrogen) atoms. The molecule has 2 unspecified atom stereocenters. The lowest BCUT2D eigenvalue weighted by Crippen LogP contribution is -2.02. The van der Waals surface area contributed by atoms with Crippen molar-refractivity contribution in [3.8, 4) is 0 Å². The van der Waals surface area contributed by atoms with Gasteiger partial charge in [0, 0.05) is 17.0 Å². The number of nitrogens with one attached hydrogen (secondary N) is 1. The first kappa shape index (κ1) is 11.2. The summed E-state index contributed by atoms with van der Waals surface area (Å²) in [6.45, 7) is 4.28. The summed E-state index contributed by atoms with van der Waals surface area (Å²) in [6.07, 6.45) is 1.08. The van der Waals surface area contributed by atoms with Crippen LogP contribution in [0.1, 0.15) is 31.7 Å². The molecule has 78 valence electrons. The van der Waals surface area contributed by atoms with Gasteiger partial charge in [-0.15, -0.1) is 0 Å². The number of anilines is 1. The van der Waals surface area contributed by atoms with Crippen molar-refractivity contribution in [1.29, 1.82) is 0 Å². The summed E-state index contributed by atoms with van der Waals surface area (Å²) in [5.41, 5.74) is 1.83. The minimum absolute atomic E-state index is 0.516. The highest BCUT2D eigenvalue weighted by atomic mass is 32.2. The van der Waals surface area contributed by atoms with Crippen LogP contribution >= 0.6 is 0 Å². The van der Waals surface area contributed by atoms with Gasteiger partial charge in [-0.05, 0) is 30.0 Å². The molecule has 0 fully saturated rings. The molecule has 0 spiro atoms. The Bertz CT molecular complexity index is 310. The maximum Gasteiger partial charge on any atom is 0.0452 e. The molecule has 0 bridgehead atoms. The zero-order valence-electron chi connectivity index (χ0n) is 8.32. The highest BCUT2D eigenvalue weighted by Crippen LogP contribution is 2.20. The Labute approximate surface area is 87.0 Å². The van der Waals surface area contributed by atoms with Crippen LogP contribution in [-0.2, 0) is 11.3 Å². The second kappa shape index (κ2) is 5.12. The average Bonchev–Trinajstić information content (AvgIpc) is 2.17. The molecule has 0 saturated heterocycles. The smallest absolute Gasteiger partial charge is 0.0452 e. The standard InChI is InChI=1S/C10H15NO2S/c1-3-8(2)9-4-6-10(7-5-9)11-14(12)13/h4-8,11H,3H2,1-2H3,(H,12,13)/p-1. The zero-order chi connectivity index (χ0) is 10.6. The molecular formula is C10H14NO2S-. The molecule has 0 aliphatic rings. The second-order valence-electron chi connectivity index (χ2n) is 3.27. The minimum Gasteiger partial charge on any atom is -0.755 e. The van der Waals surface area contributed by atoms with E-state index in [2.05, 4.69) is 18.6 Å². The predicted octanol–water partition coefficient (Wildman–Crippen LogP) is 2.41. The lowest BCUT2D eigenvalue weighted by molar-refractivity contribution is 0.542. The van der Waals surface area contributed by atoms with Crippen LogP contribution in [0.25, 0.3) is 0 Å². The van der Waals surface area contributed by atoms with E-state index in [4.69, 9.17) is 0 Å². The van der Waals surface area contributed by atoms with Crippen molar-refractivity contribution in [2.24, 2.45) is 0 Å².